The first-order chi connectivity index (χ1) is 9.72. The first kappa shape index (κ1) is 12.6. The molecule has 3 aromatic rings. The molecule has 20 heavy (non-hydrogen) atoms. The second kappa shape index (κ2) is 5.28. The minimum Gasteiger partial charge on any atom is -0.367 e. The highest BCUT2D eigenvalue weighted by Gasteiger charge is 2.04. The van der Waals surface area contributed by atoms with Crippen molar-refractivity contribution < 1.29 is 0 Å². The van der Waals surface area contributed by atoms with Crippen LogP contribution in [0.15, 0.2) is 36.7 Å². The molecule has 0 aliphatic rings. The highest BCUT2D eigenvalue weighted by molar-refractivity contribution is 5.76. The van der Waals surface area contributed by atoms with Crippen molar-refractivity contribution in [2.24, 2.45) is 0 Å². The second-order valence-electron chi connectivity index (χ2n) is 4.85. The van der Waals surface area contributed by atoms with Crippen LogP contribution in [0.3, 0.4) is 0 Å². The lowest BCUT2D eigenvalue weighted by Crippen LogP contribution is -2.13. The first-order valence-corrected chi connectivity index (χ1v) is 6.69. The molecule has 5 nitrogen and oxygen atoms in total. The maximum Gasteiger partial charge on any atom is 0.148 e. The van der Waals surface area contributed by atoms with E-state index in [4.69, 9.17) is 0 Å². The molecule has 0 aliphatic carbocycles. The molecule has 0 unspecified atom stereocenters. The maximum absolute atomic E-state index is 4.61. The number of nitrogens with zero attached hydrogens (tertiary/aromatic N) is 4. The lowest BCUT2D eigenvalue weighted by atomic mass is 10.3. The molecule has 5 heteroatoms. The number of hydrogen-bond acceptors (Lipinski definition) is 4. The average molecular weight is 267 g/mol. The predicted molar refractivity (Wildman–Crippen MR) is 79.7 cm³/mol. The summed E-state index contributed by atoms with van der Waals surface area (Å²) in [5, 5.41) is 7.59. The van der Waals surface area contributed by atoms with Crippen molar-refractivity contribution in [3.05, 3.63) is 47.9 Å². The van der Waals surface area contributed by atoms with Gasteiger partial charge in [0.05, 0.1) is 29.5 Å². The number of rotatable bonds is 4. The van der Waals surface area contributed by atoms with E-state index in [0.29, 0.717) is 0 Å². The molecule has 0 bridgehead atoms. The maximum atomic E-state index is 4.61. The van der Waals surface area contributed by atoms with Gasteiger partial charge in [0, 0.05) is 12.7 Å². The molecule has 0 saturated carbocycles. The number of hydrogen-bond donors (Lipinski definition) is 1. The summed E-state index contributed by atoms with van der Waals surface area (Å²) in [4.78, 5) is 9.17. The summed E-state index contributed by atoms with van der Waals surface area (Å²) in [6.45, 7) is 5.59. The number of anilines is 1. The number of aryl methyl sites for hydroxylation is 2. The van der Waals surface area contributed by atoms with Crippen LogP contribution in [0.5, 0.6) is 0 Å². The van der Waals surface area contributed by atoms with Crippen LogP contribution < -0.4 is 5.32 Å². The summed E-state index contributed by atoms with van der Waals surface area (Å²) in [6, 6.07) is 7.90. The molecule has 2 aromatic heterocycles. The quantitative estimate of drug-likeness (QED) is 0.789. The van der Waals surface area contributed by atoms with Crippen molar-refractivity contribution in [2.45, 2.75) is 20.4 Å². The molecule has 0 atom stereocenters. The van der Waals surface area contributed by atoms with Gasteiger partial charge in [0.25, 0.3) is 0 Å². The van der Waals surface area contributed by atoms with Gasteiger partial charge in [0.2, 0.25) is 0 Å². The van der Waals surface area contributed by atoms with Crippen LogP contribution in [0.25, 0.3) is 11.0 Å². The topological polar surface area (TPSA) is 55.6 Å². The monoisotopic (exact) mass is 267 g/mol. The number of nitrogens with one attached hydrogen (secondary N) is 1. The Bertz CT molecular complexity index is 732. The molecule has 1 N–H and O–H groups in total. The van der Waals surface area contributed by atoms with E-state index in [1.54, 1.807) is 0 Å². The highest BCUT2D eigenvalue weighted by atomic mass is 15.3. The minimum atomic E-state index is 0.773. The Hall–Kier alpha value is -2.43. The van der Waals surface area contributed by atoms with Gasteiger partial charge in [-0.2, -0.15) is 5.10 Å². The van der Waals surface area contributed by atoms with Crippen LogP contribution in [0, 0.1) is 13.8 Å². The Morgan fingerprint density at radius 1 is 1.10 bits per heavy atom. The lowest BCUT2D eigenvalue weighted by molar-refractivity contribution is 0.636. The van der Waals surface area contributed by atoms with Gasteiger partial charge in [-0.3, -0.25) is 4.68 Å². The van der Waals surface area contributed by atoms with Crippen LogP contribution in [0.1, 0.15) is 11.3 Å². The fourth-order valence-corrected chi connectivity index (χ4v) is 2.13. The van der Waals surface area contributed by atoms with Gasteiger partial charge in [-0.25, -0.2) is 9.97 Å². The lowest BCUT2D eigenvalue weighted by Gasteiger charge is -2.09. The Morgan fingerprint density at radius 3 is 2.55 bits per heavy atom. The van der Waals surface area contributed by atoms with Crippen LogP contribution in [0.2, 0.25) is 0 Å². The Kier molecular flexibility index (Phi) is 3.33. The predicted octanol–water partition coefficient (Wildman–Crippen LogP) is 2.56. The molecule has 2 heterocycles. The number of fused-ring (bicyclic) bond motifs is 1. The van der Waals surface area contributed by atoms with E-state index >= 15 is 0 Å². The van der Waals surface area contributed by atoms with E-state index < -0.39 is 0 Å². The molecule has 0 spiro atoms. The molecule has 0 fully saturated rings. The van der Waals surface area contributed by atoms with Crippen LogP contribution >= 0.6 is 0 Å². The van der Waals surface area contributed by atoms with Crippen LogP contribution in [-0.4, -0.2) is 26.3 Å². The zero-order valence-electron chi connectivity index (χ0n) is 11.7. The molecular formula is C15H17N5. The third kappa shape index (κ3) is 2.61. The zero-order valence-corrected chi connectivity index (χ0v) is 11.7. The third-order valence-electron chi connectivity index (χ3n) is 3.14. The average Bonchev–Trinajstić information content (AvgIpc) is 2.85. The van der Waals surface area contributed by atoms with E-state index in [2.05, 4.69) is 20.4 Å². The van der Waals surface area contributed by atoms with Crippen molar-refractivity contribution in [1.82, 2.24) is 19.7 Å². The minimum absolute atomic E-state index is 0.773. The Balaban J connectivity index is 1.72. The van der Waals surface area contributed by atoms with Gasteiger partial charge >= 0.3 is 0 Å². The van der Waals surface area contributed by atoms with Crippen molar-refractivity contribution in [3.63, 3.8) is 0 Å². The third-order valence-corrected chi connectivity index (χ3v) is 3.14. The largest absolute Gasteiger partial charge is 0.367 e. The van der Waals surface area contributed by atoms with Crippen LogP contribution in [-0.2, 0) is 6.54 Å². The van der Waals surface area contributed by atoms with E-state index in [1.165, 1.54) is 5.56 Å². The van der Waals surface area contributed by atoms with Crippen LogP contribution in [0.4, 0.5) is 5.82 Å². The highest BCUT2D eigenvalue weighted by Crippen LogP contribution is 2.15. The molecule has 1 aromatic carbocycles. The number of aromatic nitrogens is 4. The van der Waals surface area contributed by atoms with Gasteiger partial charge in [-0.1, -0.05) is 12.1 Å². The van der Waals surface area contributed by atoms with E-state index in [-0.39, 0.29) is 0 Å². The summed E-state index contributed by atoms with van der Waals surface area (Å²) in [7, 11) is 0. The molecule has 0 radical (unpaired) electrons. The standard InChI is InChI=1S/C15H17N5/c1-11-9-17-20(10-11)8-7-16-15-12(2)18-13-5-3-4-6-14(13)19-15/h3-6,9-10H,7-8H2,1-2H3,(H,16,19). The van der Waals surface area contributed by atoms with Crippen molar-refractivity contribution in [2.75, 3.05) is 11.9 Å². The Labute approximate surface area is 117 Å². The first-order valence-electron chi connectivity index (χ1n) is 6.69. The molecule has 3 rings (SSSR count). The summed E-state index contributed by atoms with van der Waals surface area (Å²) < 4.78 is 1.92. The fourth-order valence-electron chi connectivity index (χ4n) is 2.13. The second-order valence-corrected chi connectivity index (χ2v) is 4.85. The van der Waals surface area contributed by atoms with Gasteiger partial charge in [-0.05, 0) is 31.5 Å². The van der Waals surface area contributed by atoms with Gasteiger partial charge in [0.15, 0.2) is 0 Å². The zero-order chi connectivity index (χ0) is 13.9. The van der Waals surface area contributed by atoms with Crippen molar-refractivity contribution in [1.29, 1.82) is 0 Å². The Morgan fingerprint density at radius 2 is 1.85 bits per heavy atom. The van der Waals surface area contributed by atoms with Crippen molar-refractivity contribution >= 4 is 16.9 Å². The molecular weight excluding hydrogens is 250 g/mol. The van der Waals surface area contributed by atoms with E-state index in [0.717, 1.165) is 35.6 Å². The van der Waals surface area contributed by atoms with Gasteiger partial charge in [0.1, 0.15) is 5.82 Å². The van der Waals surface area contributed by atoms with Gasteiger partial charge < -0.3 is 5.32 Å². The molecule has 0 aliphatic heterocycles. The van der Waals surface area contributed by atoms with E-state index in [9.17, 15) is 0 Å². The van der Waals surface area contributed by atoms with E-state index in [1.807, 2.05) is 55.2 Å². The SMILES string of the molecule is Cc1cnn(CCNc2nc3ccccc3nc2C)c1. The summed E-state index contributed by atoms with van der Waals surface area (Å²) in [5.74, 6) is 0.840. The summed E-state index contributed by atoms with van der Waals surface area (Å²) >= 11 is 0. The normalized spacial score (nSPS) is 10.9. The molecule has 0 saturated heterocycles. The van der Waals surface area contributed by atoms with Gasteiger partial charge in [-0.15, -0.1) is 0 Å². The summed E-state index contributed by atoms with van der Waals surface area (Å²) in [6.07, 6.45) is 3.89. The fraction of sp³-hybridized carbons (Fsp3) is 0.267. The molecule has 0 amide bonds. The number of para-hydroxylation sites is 2. The summed E-state index contributed by atoms with van der Waals surface area (Å²) in [5.41, 5.74) is 3.93. The molecule has 102 valence electrons. The smallest absolute Gasteiger partial charge is 0.148 e. The number of benzene rings is 1. The van der Waals surface area contributed by atoms with Crippen molar-refractivity contribution in [3.8, 4) is 0 Å².